The molecule has 0 radical (unpaired) electrons. The van der Waals surface area contributed by atoms with Gasteiger partial charge in [-0.05, 0) is 116 Å². The fourth-order valence-corrected chi connectivity index (χ4v) is 4.73. The number of carbonyl (C=O) groups excluding carboxylic acids is 4. The van der Waals surface area contributed by atoms with Crippen molar-refractivity contribution in [1.29, 1.82) is 0 Å². The van der Waals surface area contributed by atoms with Gasteiger partial charge in [0.15, 0.2) is 0 Å². The van der Waals surface area contributed by atoms with Crippen LogP contribution in [0.3, 0.4) is 0 Å². The van der Waals surface area contributed by atoms with Gasteiger partial charge in [0.2, 0.25) is 5.12 Å². The van der Waals surface area contributed by atoms with E-state index in [2.05, 4.69) is 13.2 Å². The normalized spacial score (nSPS) is 10.8. The summed E-state index contributed by atoms with van der Waals surface area (Å²) in [5, 5.41) is -0.142. The molecule has 0 aliphatic rings. The SMILES string of the molecule is C=CC(=O)OCCCCOc1ccc(C=CC(=O)Oc2ccc(SC(=O)C=Cc3ccc(OCCCCOC(=O)C=C)cc3)c(C)c2)cc1. The molecule has 3 rings (SSSR count). The van der Waals surface area contributed by atoms with Crippen LogP contribution in [0, 0.1) is 6.92 Å². The molecule has 0 heterocycles. The Morgan fingerprint density at radius 1 is 0.612 bits per heavy atom. The van der Waals surface area contributed by atoms with Gasteiger partial charge in [-0.1, -0.05) is 43.5 Å². The molecule has 0 saturated heterocycles. The minimum absolute atomic E-state index is 0.142. The van der Waals surface area contributed by atoms with Crippen molar-refractivity contribution in [3.8, 4) is 17.2 Å². The lowest BCUT2D eigenvalue weighted by Crippen LogP contribution is -2.04. The summed E-state index contributed by atoms with van der Waals surface area (Å²) < 4.78 is 26.7. The molecule has 9 nitrogen and oxygen atoms in total. The van der Waals surface area contributed by atoms with Gasteiger partial charge >= 0.3 is 17.9 Å². The number of carbonyl (C=O) groups is 4. The third-order valence-electron chi connectivity index (χ3n) is 6.60. The maximum Gasteiger partial charge on any atom is 0.336 e. The standard InChI is InChI=1S/C39H40O9S/c1-4-36(40)46-26-8-6-24-44-32-16-10-30(11-17-32)14-22-38(42)48-34-20-21-35(29(3)28-34)49-39(43)23-15-31-12-18-33(19-13-31)45-25-7-9-27-47-37(41)5-2/h4-5,10-23,28H,1-2,6-9,24-27H2,3H3. The molecule has 3 aromatic rings. The third-order valence-corrected chi connectivity index (χ3v) is 7.61. The van der Waals surface area contributed by atoms with E-state index in [9.17, 15) is 19.2 Å². The first-order valence-corrected chi connectivity index (χ1v) is 16.5. The third kappa shape index (κ3) is 15.4. The quantitative estimate of drug-likeness (QED) is 0.0385. The van der Waals surface area contributed by atoms with Crippen LogP contribution in [0.25, 0.3) is 12.2 Å². The minimum atomic E-state index is -0.528. The van der Waals surface area contributed by atoms with E-state index in [0.29, 0.717) is 56.5 Å². The topological polar surface area (TPSA) is 114 Å². The summed E-state index contributed by atoms with van der Waals surface area (Å²) in [4.78, 5) is 47.8. The Morgan fingerprint density at radius 2 is 1.08 bits per heavy atom. The zero-order valence-electron chi connectivity index (χ0n) is 27.5. The Bertz CT molecular complexity index is 1620. The van der Waals surface area contributed by atoms with Gasteiger partial charge in [0.25, 0.3) is 0 Å². The molecule has 0 unspecified atom stereocenters. The van der Waals surface area contributed by atoms with Crippen LogP contribution in [0.5, 0.6) is 17.2 Å². The van der Waals surface area contributed by atoms with E-state index in [4.69, 9.17) is 23.7 Å². The first-order valence-electron chi connectivity index (χ1n) is 15.7. The van der Waals surface area contributed by atoms with Gasteiger partial charge in [0.1, 0.15) is 17.2 Å². The van der Waals surface area contributed by atoms with E-state index >= 15 is 0 Å². The number of hydrogen-bond donors (Lipinski definition) is 0. The zero-order valence-corrected chi connectivity index (χ0v) is 28.3. The van der Waals surface area contributed by atoms with Crippen molar-refractivity contribution in [3.05, 3.63) is 121 Å². The molecule has 0 N–H and O–H groups in total. The highest BCUT2D eigenvalue weighted by atomic mass is 32.2. The smallest absolute Gasteiger partial charge is 0.336 e. The summed E-state index contributed by atoms with van der Waals surface area (Å²) in [6, 6.07) is 19.8. The first-order chi connectivity index (χ1) is 23.7. The van der Waals surface area contributed by atoms with Gasteiger partial charge in [-0.2, -0.15) is 0 Å². The Kier molecular flexibility index (Phi) is 16.7. The van der Waals surface area contributed by atoms with Crippen LogP contribution >= 0.6 is 11.8 Å². The molecule has 256 valence electrons. The van der Waals surface area contributed by atoms with Crippen LogP contribution in [0.15, 0.2) is 109 Å². The van der Waals surface area contributed by atoms with Gasteiger partial charge in [-0.3, -0.25) is 4.79 Å². The highest BCUT2D eigenvalue weighted by Crippen LogP contribution is 2.27. The van der Waals surface area contributed by atoms with Crippen LogP contribution < -0.4 is 14.2 Å². The van der Waals surface area contributed by atoms with Gasteiger partial charge in [0, 0.05) is 23.1 Å². The molecule has 0 amide bonds. The molecule has 0 atom stereocenters. The van der Waals surface area contributed by atoms with E-state index in [1.54, 1.807) is 30.4 Å². The average Bonchev–Trinajstić information content (AvgIpc) is 3.11. The van der Waals surface area contributed by atoms with E-state index in [1.807, 2.05) is 55.5 Å². The number of benzene rings is 3. The van der Waals surface area contributed by atoms with Crippen molar-refractivity contribution in [2.24, 2.45) is 0 Å². The van der Waals surface area contributed by atoms with Crippen molar-refractivity contribution in [2.45, 2.75) is 37.5 Å². The fraction of sp³-hybridized carbons (Fsp3) is 0.231. The average molecular weight is 685 g/mol. The van der Waals surface area contributed by atoms with Crippen LogP contribution in [-0.2, 0) is 28.7 Å². The second-order valence-corrected chi connectivity index (χ2v) is 11.5. The van der Waals surface area contributed by atoms with Crippen molar-refractivity contribution in [1.82, 2.24) is 0 Å². The largest absolute Gasteiger partial charge is 0.494 e. The monoisotopic (exact) mass is 684 g/mol. The molecule has 0 saturated carbocycles. The number of thioether (sulfide) groups is 1. The lowest BCUT2D eigenvalue weighted by molar-refractivity contribution is -0.138. The molecule has 0 aliphatic carbocycles. The first kappa shape index (κ1) is 38.1. The molecular formula is C39H40O9S. The Balaban J connectivity index is 1.37. The number of rotatable bonds is 20. The van der Waals surface area contributed by atoms with E-state index in [0.717, 1.165) is 58.3 Å². The second-order valence-electron chi connectivity index (χ2n) is 10.4. The summed E-state index contributed by atoms with van der Waals surface area (Å²) >= 11 is 1.09. The van der Waals surface area contributed by atoms with Crippen LogP contribution in [0.4, 0.5) is 0 Å². The number of aryl methyl sites for hydroxylation is 1. The number of ether oxygens (including phenoxy) is 5. The van der Waals surface area contributed by atoms with Crippen molar-refractivity contribution < 1.29 is 42.9 Å². The molecular weight excluding hydrogens is 644 g/mol. The van der Waals surface area contributed by atoms with Crippen LogP contribution in [-0.4, -0.2) is 49.5 Å². The zero-order chi connectivity index (χ0) is 35.3. The van der Waals surface area contributed by atoms with E-state index in [1.165, 1.54) is 12.2 Å². The predicted octanol–water partition coefficient (Wildman–Crippen LogP) is 7.72. The maximum atomic E-state index is 12.6. The van der Waals surface area contributed by atoms with Gasteiger partial charge < -0.3 is 23.7 Å². The highest BCUT2D eigenvalue weighted by Gasteiger charge is 2.08. The fourth-order valence-electron chi connectivity index (χ4n) is 4.02. The molecule has 10 heteroatoms. The Labute approximate surface area is 291 Å². The maximum absolute atomic E-state index is 12.6. The summed E-state index contributed by atoms with van der Waals surface area (Å²) in [5.41, 5.74) is 2.46. The Morgan fingerprint density at radius 3 is 1.57 bits per heavy atom. The van der Waals surface area contributed by atoms with E-state index < -0.39 is 17.9 Å². The van der Waals surface area contributed by atoms with Crippen LogP contribution in [0.2, 0.25) is 0 Å². The lowest BCUT2D eigenvalue weighted by atomic mass is 10.2. The van der Waals surface area contributed by atoms with E-state index in [-0.39, 0.29) is 5.12 Å². The molecule has 0 aliphatic heterocycles. The summed E-state index contributed by atoms with van der Waals surface area (Å²) in [7, 11) is 0. The molecule has 49 heavy (non-hydrogen) atoms. The lowest BCUT2D eigenvalue weighted by Gasteiger charge is -2.07. The minimum Gasteiger partial charge on any atom is -0.494 e. The molecule has 0 spiro atoms. The number of hydrogen-bond acceptors (Lipinski definition) is 10. The number of esters is 3. The molecule has 0 aromatic heterocycles. The van der Waals surface area contributed by atoms with Crippen molar-refractivity contribution in [3.63, 3.8) is 0 Å². The van der Waals surface area contributed by atoms with Gasteiger partial charge in [0.05, 0.1) is 26.4 Å². The van der Waals surface area contributed by atoms with Crippen molar-refractivity contribution in [2.75, 3.05) is 26.4 Å². The molecule has 0 bridgehead atoms. The van der Waals surface area contributed by atoms with Gasteiger partial charge in [-0.25, -0.2) is 14.4 Å². The van der Waals surface area contributed by atoms with Crippen LogP contribution in [0.1, 0.15) is 42.4 Å². The molecule has 3 aromatic carbocycles. The predicted molar refractivity (Wildman–Crippen MR) is 190 cm³/mol. The summed E-state index contributed by atoms with van der Waals surface area (Å²) in [6.07, 6.45) is 11.4. The number of unbranched alkanes of at least 4 members (excludes halogenated alkanes) is 2. The Hall–Kier alpha value is -5.35. The van der Waals surface area contributed by atoms with Crippen molar-refractivity contribution >= 4 is 46.9 Å². The second kappa shape index (κ2) is 21.5. The summed E-state index contributed by atoms with van der Waals surface area (Å²) in [6.45, 7) is 10.2. The molecule has 0 fully saturated rings. The summed E-state index contributed by atoms with van der Waals surface area (Å²) in [5.74, 6) is 0.391. The van der Waals surface area contributed by atoms with Gasteiger partial charge in [-0.15, -0.1) is 0 Å². The highest BCUT2D eigenvalue weighted by molar-refractivity contribution is 8.14.